The van der Waals surface area contributed by atoms with E-state index in [2.05, 4.69) is 5.32 Å². The van der Waals surface area contributed by atoms with Gasteiger partial charge in [0, 0.05) is 11.4 Å². The van der Waals surface area contributed by atoms with Crippen LogP contribution in [0.1, 0.15) is 15.9 Å². The summed E-state index contributed by atoms with van der Waals surface area (Å²) in [7, 11) is 1.60. The third-order valence-electron chi connectivity index (χ3n) is 2.92. The maximum atomic E-state index is 12.1. The first kappa shape index (κ1) is 13.0. The van der Waals surface area contributed by atoms with Gasteiger partial charge >= 0.3 is 0 Å². The highest BCUT2D eigenvalue weighted by molar-refractivity contribution is 6.08. The van der Waals surface area contributed by atoms with Crippen LogP contribution in [-0.4, -0.2) is 13.0 Å². The highest BCUT2D eigenvalue weighted by atomic mass is 16.5. The lowest BCUT2D eigenvalue weighted by atomic mass is 10.1. The molecule has 0 aromatic heterocycles. The minimum absolute atomic E-state index is 0.216. The van der Waals surface area contributed by atoms with Crippen molar-refractivity contribution in [2.24, 2.45) is 0 Å². The van der Waals surface area contributed by atoms with E-state index in [1.165, 1.54) is 0 Å². The quantitative estimate of drug-likeness (QED) is 0.830. The molecular weight excluding hydrogens is 240 g/mol. The number of para-hydroxylation sites is 1. The Morgan fingerprint density at radius 3 is 2.47 bits per heavy atom. The van der Waals surface area contributed by atoms with Gasteiger partial charge in [-0.15, -0.1) is 0 Å². The van der Waals surface area contributed by atoms with Crippen LogP contribution >= 0.6 is 0 Å². The Bertz CT molecular complexity index is 592. The van der Waals surface area contributed by atoms with E-state index in [1.807, 2.05) is 19.1 Å². The van der Waals surface area contributed by atoms with Gasteiger partial charge in [0.2, 0.25) is 0 Å². The van der Waals surface area contributed by atoms with E-state index >= 15 is 0 Å². The number of aryl methyl sites for hydroxylation is 1. The van der Waals surface area contributed by atoms with Crippen molar-refractivity contribution in [3.8, 4) is 5.75 Å². The number of nitrogen functional groups attached to an aromatic ring is 1. The summed E-state index contributed by atoms with van der Waals surface area (Å²) in [5.41, 5.74) is 8.48. The lowest BCUT2D eigenvalue weighted by molar-refractivity contribution is 0.102. The Kier molecular flexibility index (Phi) is 3.71. The van der Waals surface area contributed by atoms with Gasteiger partial charge in [-0.2, -0.15) is 0 Å². The molecule has 2 aromatic rings. The number of hydrogen-bond donors (Lipinski definition) is 2. The van der Waals surface area contributed by atoms with E-state index in [9.17, 15) is 4.79 Å². The van der Waals surface area contributed by atoms with E-state index in [4.69, 9.17) is 10.5 Å². The second-order valence-corrected chi connectivity index (χ2v) is 4.22. The summed E-state index contributed by atoms with van der Waals surface area (Å²) >= 11 is 0. The molecule has 4 heteroatoms. The van der Waals surface area contributed by atoms with Crippen molar-refractivity contribution in [2.45, 2.75) is 6.92 Å². The van der Waals surface area contributed by atoms with Crippen molar-refractivity contribution in [1.82, 2.24) is 0 Å². The van der Waals surface area contributed by atoms with Crippen molar-refractivity contribution < 1.29 is 9.53 Å². The van der Waals surface area contributed by atoms with Gasteiger partial charge in [0.1, 0.15) is 5.75 Å². The maximum absolute atomic E-state index is 12.1. The van der Waals surface area contributed by atoms with Crippen LogP contribution in [0.25, 0.3) is 0 Å². The average molecular weight is 256 g/mol. The van der Waals surface area contributed by atoms with E-state index in [0.29, 0.717) is 16.9 Å². The summed E-state index contributed by atoms with van der Waals surface area (Å²) in [4.78, 5) is 12.1. The second kappa shape index (κ2) is 5.44. The largest absolute Gasteiger partial charge is 0.497 e. The number of methoxy groups -OCH3 is 1. The predicted molar refractivity (Wildman–Crippen MR) is 76.5 cm³/mol. The molecule has 0 saturated carbocycles. The topological polar surface area (TPSA) is 64.3 Å². The molecule has 0 atom stereocenters. The third-order valence-corrected chi connectivity index (χ3v) is 2.92. The standard InChI is InChI=1S/C15H16N2O2/c1-10-4-3-5-13(14(10)16)15(18)17-11-6-8-12(19-2)9-7-11/h3-9H,16H2,1-2H3,(H,17,18). The van der Waals surface area contributed by atoms with E-state index < -0.39 is 0 Å². The first-order valence-electron chi connectivity index (χ1n) is 5.92. The van der Waals surface area contributed by atoms with Gasteiger partial charge in [-0.1, -0.05) is 12.1 Å². The van der Waals surface area contributed by atoms with Gasteiger partial charge in [0.25, 0.3) is 5.91 Å². The number of amides is 1. The van der Waals surface area contributed by atoms with Crippen LogP contribution < -0.4 is 15.8 Å². The smallest absolute Gasteiger partial charge is 0.257 e. The average Bonchev–Trinajstić information content (AvgIpc) is 2.42. The Morgan fingerprint density at radius 2 is 1.84 bits per heavy atom. The summed E-state index contributed by atoms with van der Waals surface area (Å²) in [6.45, 7) is 1.87. The van der Waals surface area contributed by atoms with Gasteiger partial charge in [0.15, 0.2) is 0 Å². The van der Waals surface area contributed by atoms with Crippen molar-refractivity contribution in [3.05, 3.63) is 53.6 Å². The minimum atomic E-state index is -0.216. The number of nitrogens with one attached hydrogen (secondary N) is 1. The summed E-state index contributed by atoms with van der Waals surface area (Å²) in [6, 6.07) is 12.5. The minimum Gasteiger partial charge on any atom is -0.497 e. The van der Waals surface area contributed by atoms with Gasteiger partial charge in [-0.3, -0.25) is 4.79 Å². The maximum Gasteiger partial charge on any atom is 0.257 e. The van der Waals surface area contributed by atoms with E-state index in [1.54, 1.807) is 37.4 Å². The molecule has 0 aliphatic heterocycles. The molecule has 0 aliphatic carbocycles. The number of hydrogen-bond acceptors (Lipinski definition) is 3. The Balaban J connectivity index is 2.18. The molecule has 98 valence electrons. The predicted octanol–water partition coefficient (Wildman–Crippen LogP) is 2.84. The molecule has 3 N–H and O–H groups in total. The number of ether oxygens (including phenoxy) is 1. The second-order valence-electron chi connectivity index (χ2n) is 4.22. The number of nitrogens with two attached hydrogens (primary N) is 1. The zero-order valence-corrected chi connectivity index (χ0v) is 10.9. The fourth-order valence-electron chi connectivity index (χ4n) is 1.75. The molecule has 0 spiro atoms. The number of rotatable bonds is 3. The van der Waals surface area contributed by atoms with Crippen molar-refractivity contribution >= 4 is 17.3 Å². The van der Waals surface area contributed by atoms with Crippen LogP contribution in [-0.2, 0) is 0 Å². The molecule has 1 amide bonds. The molecule has 0 fully saturated rings. The summed E-state index contributed by atoms with van der Waals surface area (Å²) in [6.07, 6.45) is 0. The molecule has 0 saturated heterocycles. The van der Waals surface area contributed by atoms with Crippen molar-refractivity contribution in [3.63, 3.8) is 0 Å². The number of carbonyl (C=O) groups is 1. The summed E-state index contributed by atoms with van der Waals surface area (Å²) in [5.74, 6) is 0.527. The molecule has 0 unspecified atom stereocenters. The van der Waals surface area contributed by atoms with E-state index in [-0.39, 0.29) is 5.91 Å². The first-order valence-corrected chi connectivity index (χ1v) is 5.92. The lowest BCUT2D eigenvalue weighted by Crippen LogP contribution is -2.14. The van der Waals surface area contributed by atoms with Crippen LogP contribution in [0.2, 0.25) is 0 Å². The third kappa shape index (κ3) is 2.85. The van der Waals surface area contributed by atoms with Gasteiger partial charge in [-0.25, -0.2) is 0 Å². The normalized spacial score (nSPS) is 10.0. The van der Waals surface area contributed by atoms with Gasteiger partial charge < -0.3 is 15.8 Å². The van der Waals surface area contributed by atoms with Crippen LogP contribution in [0, 0.1) is 6.92 Å². The first-order chi connectivity index (χ1) is 9.11. The molecule has 0 bridgehead atoms. The molecule has 4 nitrogen and oxygen atoms in total. The zero-order chi connectivity index (χ0) is 13.8. The highest BCUT2D eigenvalue weighted by Crippen LogP contribution is 2.19. The van der Waals surface area contributed by atoms with Crippen LogP contribution in [0.4, 0.5) is 11.4 Å². The number of benzene rings is 2. The zero-order valence-electron chi connectivity index (χ0n) is 10.9. The Labute approximate surface area is 112 Å². The number of anilines is 2. The molecule has 2 aromatic carbocycles. The SMILES string of the molecule is COc1ccc(NC(=O)c2cccc(C)c2N)cc1. The van der Waals surface area contributed by atoms with Gasteiger partial charge in [0.05, 0.1) is 12.7 Å². The van der Waals surface area contributed by atoms with Crippen molar-refractivity contribution in [2.75, 3.05) is 18.2 Å². The molecule has 0 aliphatic rings. The molecule has 0 heterocycles. The summed E-state index contributed by atoms with van der Waals surface area (Å²) in [5, 5.41) is 2.80. The molecule has 2 rings (SSSR count). The van der Waals surface area contributed by atoms with E-state index in [0.717, 1.165) is 11.3 Å². The number of carbonyl (C=O) groups excluding carboxylic acids is 1. The van der Waals surface area contributed by atoms with Gasteiger partial charge in [-0.05, 0) is 42.8 Å². The van der Waals surface area contributed by atoms with Crippen molar-refractivity contribution in [1.29, 1.82) is 0 Å². The highest BCUT2D eigenvalue weighted by Gasteiger charge is 2.10. The fourth-order valence-corrected chi connectivity index (χ4v) is 1.75. The molecular formula is C15H16N2O2. The molecule has 0 radical (unpaired) electrons. The fraction of sp³-hybridized carbons (Fsp3) is 0.133. The Morgan fingerprint density at radius 1 is 1.16 bits per heavy atom. The summed E-state index contributed by atoms with van der Waals surface area (Å²) < 4.78 is 5.06. The van der Waals surface area contributed by atoms with Crippen LogP contribution in [0.15, 0.2) is 42.5 Å². The van der Waals surface area contributed by atoms with Crippen LogP contribution in [0.3, 0.4) is 0 Å². The monoisotopic (exact) mass is 256 g/mol. The lowest BCUT2D eigenvalue weighted by Gasteiger charge is -2.09. The molecule has 19 heavy (non-hydrogen) atoms. The Hall–Kier alpha value is -2.49. The van der Waals surface area contributed by atoms with Crippen LogP contribution in [0.5, 0.6) is 5.75 Å².